The van der Waals surface area contributed by atoms with Gasteiger partial charge in [0.1, 0.15) is 11.6 Å². The molecule has 2 aromatic heterocycles. The Hall–Kier alpha value is -2.74. The van der Waals surface area contributed by atoms with Gasteiger partial charge in [-0.1, -0.05) is 6.07 Å². The standard InChI is InChI=1S/C19H18FN3O3S/c20-15-2-1-3-16(10-15)25-8-5-17(24)23-7-4-13(11-23)18-21-22-19(26-18)14-6-9-27-12-14/h1-3,6,9-10,12-13H,4-5,7-8,11H2. The van der Waals surface area contributed by atoms with Crippen LogP contribution in [0.15, 0.2) is 45.5 Å². The van der Waals surface area contributed by atoms with Gasteiger partial charge in [0.05, 0.1) is 18.9 Å². The maximum absolute atomic E-state index is 13.1. The quantitative estimate of drug-likeness (QED) is 0.645. The Labute approximate surface area is 159 Å². The summed E-state index contributed by atoms with van der Waals surface area (Å²) in [7, 11) is 0. The monoisotopic (exact) mass is 387 g/mol. The highest BCUT2D eigenvalue weighted by Gasteiger charge is 2.30. The summed E-state index contributed by atoms with van der Waals surface area (Å²) in [5.41, 5.74) is 0.916. The fraction of sp³-hybridized carbons (Fsp3) is 0.316. The van der Waals surface area contributed by atoms with Crippen molar-refractivity contribution in [2.75, 3.05) is 19.7 Å². The van der Waals surface area contributed by atoms with Gasteiger partial charge in [-0.15, -0.1) is 10.2 Å². The number of hydrogen-bond acceptors (Lipinski definition) is 6. The zero-order valence-corrected chi connectivity index (χ0v) is 15.3. The average Bonchev–Trinajstić information content (AvgIpc) is 3.41. The van der Waals surface area contributed by atoms with E-state index < -0.39 is 0 Å². The Balaban J connectivity index is 1.28. The highest BCUT2D eigenvalue weighted by atomic mass is 32.1. The summed E-state index contributed by atoms with van der Waals surface area (Å²) < 4.78 is 24.3. The molecular weight excluding hydrogens is 369 g/mol. The van der Waals surface area contributed by atoms with E-state index in [-0.39, 0.29) is 30.7 Å². The molecule has 3 aromatic rings. The van der Waals surface area contributed by atoms with Gasteiger partial charge in [-0.2, -0.15) is 11.3 Å². The molecule has 0 bridgehead atoms. The number of thiophene rings is 1. The second-order valence-electron chi connectivity index (χ2n) is 6.34. The van der Waals surface area contributed by atoms with Gasteiger partial charge < -0.3 is 14.1 Å². The molecule has 1 aliphatic rings. The van der Waals surface area contributed by atoms with Crippen LogP contribution in [0.1, 0.15) is 24.7 Å². The number of benzene rings is 1. The predicted octanol–water partition coefficient (Wildman–Crippen LogP) is 3.72. The summed E-state index contributed by atoms with van der Waals surface area (Å²) in [6.07, 6.45) is 1.04. The van der Waals surface area contributed by atoms with Gasteiger partial charge in [0.15, 0.2) is 0 Å². The van der Waals surface area contributed by atoms with Crippen molar-refractivity contribution in [3.05, 3.63) is 52.8 Å². The summed E-state index contributed by atoms with van der Waals surface area (Å²) in [4.78, 5) is 14.2. The lowest BCUT2D eigenvalue weighted by Gasteiger charge is -2.16. The summed E-state index contributed by atoms with van der Waals surface area (Å²) in [5, 5.41) is 12.2. The van der Waals surface area contributed by atoms with Crippen LogP contribution >= 0.6 is 11.3 Å². The minimum absolute atomic E-state index is 0.00600. The number of halogens is 1. The van der Waals surface area contributed by atoms with Crippen LogP contribution in [0.2, 0.25) is 0 Å². The summed E-state index contributed by atoms with van der Waals surface area (Å²) in [5.74, 6) is 1.21. The van der Waals surface area contributed by atoms with E-state index in [1.54, 1.807) is 28.4 Å². The molecule has 8 heteroatoms. The topological polar surface area (TPSA) is 68.5 Å². The van der Waals surface area contributed by atoms with Crippen LogP contribution in [0.3, 0.4) is 0 Å². The molecule has 0 radical (unpaired) electrons. The number of rotatable bonds is 6. The Morgan fingerprint density at radius 3 is 3.11 bits per heavy atom. The molecule has 0 spiro atoms. The van der Waals surface area contributed by atoms with E-state index in [4.69, 9.17) is 9.15 Å². The van der Waals surface area contributed by atoms with Crippen LogP contribution in [0.25, 0.3) is 11.5 Å². The minimum atomic E-state index is -0.359. The Bertz CT molecular complexity index is 913. The lowest BCUT2D eigenvalue weighted by molar-refractivity contribution is -0.130. The summed E-state index contributed by atoms with van der Waals surface area (Å²) >= 11 is 1.57. The Morgan fingerprint density at radius 2 is 2.30 bits per heavy atom. The number of nitrogens with zero attached hydrogens (tertiary/aromatic N) is 3. The zero-order chi connectivity index (χ0) is 18.6. The second kappa shape index (κ2) is 7.87. The fourth-order valence-corrected chi connectivity index (χ4v) is 3.69. The molecule has 140 valence electrons. The van der Waals surface area contributed by atoms with E-state index in [1.807, 2.05) is 16.8 Å². The van der Waals surface area contributed by atoms with Gasteiger partial charge in [0.25, 0.3) is 0 Å². The number of carbonyl (C=O) groups is 1. The van der Waals surface area contributed by atoms with Crippen LogP contribution in [-0.4, -0.2) is 40.7 Å². The van der Waals surface area contributed by atoms with Gasteiger partial charge in [0, 0.05) is 30.1 Å². The molecular formula is C19H18FN3O3S. The van der Waals surface area contributed by atoms with Crippen LogP contribution in [0, 0.1) is 5.82 Å². The molecule has 1 unspecified atom stereocenters. The lowest BCUT2D eigenvalue weighted by Crippen LogP contribution is -2.29. The molecule has 1 fully saturated rings. The minimum Gasteiger partial charge on any atom is -0.493 e. The number of amides is 1. The molecule has 0 N–H and O–H groups in total. The average molecular weight is 387 g/mol. The first-order valence-corrected chi connectivity index (χ1v) is 9.65. The highest BCUT2D eigenvalue weighted by Crippen LogP contribution is 2.29. The van der Waals surface area contributed by atoms with Crippen molar-refractivity contribution in [3.63, 3.8) is 0 Å². The first-order chi connectivity index (χ1) is 13.2. The molecule has 6 nitrogen and oxygen atoms in total. The number of aromatic nitrogens is 2. The molecule has 1 aromatic carbocycles. The van der Waals surface area contributed by atoms with Crippen LogP contribution < -0.4 is 4.74 Å². The smallest absolute Gasteiger partial charge is 0.248 e. The van der Waals surface area contributed by atoms with E-state index in [9.17, 15) is 9.18 Å². The maximum Gasteiger partial charge on any atom is 0.248 e. The number of likely N-dealkylation sites (tertiary alicyclic amines) is 1. The molecule has 1 atom stereocenters. The summed E-state index contributed by atoms with van der Waals surface area (Å²) in [6.45, 7) is 1.43. The molecule has 27 heavy (non-hydrogen) atoms. The largest absolute Gasteiger partial charge is 0.493 e. The van der Waals surface area contributed by atoms with E-state index in [1.165, 1.54) is 12.1 Å². The number of ether oxygens (including phenoxy) is 1. The van der Waals surface area contributed by atoms with Crippen molar-refractivity contribution in [1.82, 2.24) is 15.1 Å². The molecule has 4 rings (SSSR count). The third-order valence-corrected chi connectivity index (χ3v) is 5.16. The molecule has 0 saturated carbocycles. The Morgan fingerprint density at radius 1 is 1.37 bits per heavy atom. The number of carbonyl (C=O) groups excluding carboxylic acids is 1. The van der Waals surface area contributed by atoms with Crippen molar-refractivity contribution in [2.45, 2.75) is 18.8 Å². The summed E-state index contributed by atoms with van der Waals surface area (Å²) in [6, 6.07) is 7.83. The normalized spacial score (nSPS) is 16.6. The van der Waals surface area contributed by atoms with Gasteiger partial charge >= 0.3 is 0 Å². The molecule has 3 heterocycles. The van der Waals surface area contributed by atoms with Crippen LogP contribution in [0.5, 0.6) is 5.75 Å². The molecule has 1 aliphatic heterocycles. The Kier molecular flexibility index (Phi) is 5.15. The van der Waals surface area contributed by atoms with E-state index in [0.717, 1.165) is 12.0 Å². The van der Waals surface area contributed by atoms with Crippen molar-refractivity contribution >= 4 is 17.2 Å². The third kappa shape index (κ3) is 4.16. The third-order valence-electron chi connectivity index (χ3n) is 4.48. The van der Waals surface area contributed by atoms with Crippen LogP contribution in [-0.2, 0) is 4.79 Å². The van der Waals surface area contributed by atoms with Crippen molar-refractivity contribution in [2.24, 2.45) is 0 Å². The van der Waals surface area contributed by atoms with E-state index in [2.05, 4.69) is 10.2 Å². The SMILES string of the molecule is O=C(CCOc1cccc(F)c1)N1CCC(c2nnc(-c3ccsc3)o2)C1. The van der Waals surface area contributed by atoms with E-state index >= 15 is 0 Å². The molecule has 1 saturated heterocycles. The fourth-order valence-electron chi connectivity index (χ4n) is 3.06. The van der Waals surface area contributed by atoms with Crippen molar-refractivity contribution in [3.8, 4) is 17.2 Å². The first kappa shape index (κ1) is 17.7. The van der Waals surface area contributed by atoms with Crippen molar-refractivity contribution in [1.29, 1.82) is 0 Å². The predicted molar refractivity (Wildman–Crippen MR) is 98.1 cm³/mol. The lowest BCUT2D eigenvalue weighted by atomic mass is 10.1. The van der Waals surface area contributed by atoms with Gasteiger partial charge in [-0.25, -0.2) is 4.39 Å². The maximum atomic E-state index is 13.1. The van der Waals surface area contributed by atoms with Gasteiger partial charge in [-0.3, -0.25) is 4.79 Å². The van der Waals surface area contributed by atoms with Gasteiger partial charge in [0.2, 0.25) is 17.7 Å². The number of hydrogen-bond donors (Lipinski definition) is 0. The first-order valence-electron chi connectivity index (χ1n) is 8.71. The van der Waals surface area contributed by atoms with Crippen molar-refractivity contribution < 1.29 is 18.3 Å². The van der Waals surface area contributed by atoms with Crippen LogP contribution in [0.4, 0.5) is 4.39 Å². The zero-order valence-electron chi connectivity index (χ0n) is 14.5. The van der Waals surface area contributed by atoms with Gasteiger partial charge in [-0.05, 0) is 30.0 Å². The highest BCUT2D eigenvalue weighted by molar-refractivity contribution is 7.08. The molecule has 1 amide bonds. The molecule has 0 aliphatic carbocycles. The second-order valence-corrected chi connectivity index (χ2v) is 7.12. The van der Waals surface area contributed by atoms with E-state index in [0.29, 0.717) is 30.6 Å².